The van der Waals surface area contributed by atoms with E-state index in [-0.39, 0.29) is 0 Å². The zero-order valence-corrected chi connectivity index (χ0v) is 9.69. The minimum absolute atomic E-state index is 0.838. The molecule has 0 aliphatic carbocycles. The molecule has 0 aliphatic heterocycles. The minimum Gasteiger partial charge on any atom is -0.339 e. The highest BCUT2D eigenvalue weighted by atomic mass is 35.5. The van der Waals surface area contributed by atoms with Gasteiger partial charge in [-0.3, -0.25) is 4.98 Å². The Morgan fingerprint density at radius 3 is 2.69 bits per heavy atom. The lowest BCUT2D eigenvalue weighted by molar-refractivity contribution is -0.686. The van der Waals surface area contributed by atoms with E-state index in [1.807, 2.05) is 30.5 Å². The maximum Gasteiger partial charge on any atom is 0.103 e. The van der Waals surface area contributed by atoms with Gasteiger partial charge in [0.2, 0.25) is 0 Å². The second kappa shape index (κ2) is 5.64. The maximum absolute atomic E-state index is 6.07. The van der Waals surface area contributed by atoms with Crippen molar-refractivity contribution in [2.45, 2.75) is 13.1 Å². The van der Waals surface area contributed by atoms with Crippen LogP contribution in [0.1, 0.15) is 11.1 Å². The first-order chi connectivity index (χ1) is 7.86. The Balaban J connectivity index is 1.87. The van der Waals surface area contributed by atoms with Crippen LogP contribution in [-0.2, 0) is 13.1 Å². The van der Waals surface area contributed by atoms with E-state index in [0.717, 1.165) is 18.1 Å². The van der Waals surface area contributed by atoms with Crippen molar-refractivity contribution >= 4 is 11.6 Å². The smallest absolute Gasteiger partial charge is 0.103 e. The van der Waals surface area contributed by atoms with E-state index < -0.39 is 0 Å². The lowest BCUT2D eigenvalue weighted by atomic mass is 10.2. The van der Waals surface area contributed by atoms with E-state index in [9.17, 15) is 0 Å². The molecule has 2 nitrogen and oxygen atoms in total. The average molecular weight is 234 g/mol. The SMILES string of the molecule is Clc1ccccc1C[NH2+]Cc1cccnc1. The van der Waals surface area contributed by atoms with Crippen molar-refractivity contribution in [3.63, 3.8) is 0 Å². The summed E-state index contributed by atoms with van der Waals surface area (Å²) >= 11 is 6.07. The number of aromatic nitrogens is 1. The van der Waals surface area contributed by atoms with Gasteiger partial charge in [-0.2, -0.15) is 0 Å². The lowest BCUT2D eigenvalue weighted by Gasteiger charge is -2.03. The van der Waals surface area contributed by atoms with Crippen molar-refractivity contribution in [2.75, 3.05) is 0 Å². The molecular formula is C13H14ClN2+. The fourth-order valence-electron chi connectivity index (χ4n) is 1.58. The maximum atomic E-state index is 6.07. The molecule has 0 amide bonds. The first kappa shape index (κ1) is 11.1. The van der Waals surface area contributed by atoms with Gasteiger partial charge in [0.1, 0.15) is 13.1 Å². The molecule has 2 aromatic rings. The fraction of sp³-hybridized carbons (Fsp3) is 0.154. The molecule has 0 radical (unpaired) electrons. The highest BCUT2D eigenvalue weighted by Crippen LogP contribution is 2.12. The molecule has 82 valence electrons. The number of benzene rings is 1. The summed E-state index contributed by atoms with van der Waals surface area (Å²) in [6, 6.07) is 12.0. The lowest BCUT2D eigenvalue weighted by Crippen LogP contribution is -2.80. The van der Waals surface area contributed by atoms with Gasteiger partial charge < -0.3 is 5.32 Å². The first-order valence-corrected chi connectivity index (χ1v) is 5.68. The zero-order chi connectivity index (χ0) is 11.2. The van der Waals surface area contributed by atoms with Crippen molar-refractivity contribution in [2.24, 2.45) is 0 Å². The highest BCUT2D eigenvalue weighted by Gasteiger charge is 2.01. The van der Waals surface area contributed by atoms with Crippen LogP contribution in [-0.4, -0.2) is 4.98 Å². The molecule has 0 saturated carbocycles. The first-order valence-electron chi connectivity index (χ1n) is 5.30. The molecule has 0 spiro atoms. The molecule has 0 bridgehead atoms. The van der Waals surface area contributed by atoms with Gasteiger partial charge in [0.25, 0.3) is 0 Å². The molecule has 1 aromatic heterocycles. The summed E-state index contributed by atoms with van der Waals surface area (Å²) in [5.41, 5.74) is 2.41. The van der Waals surface area contributed by atoms with Crippen LogP contribution in [0.3, 0.4) is 0 Å². The molecule has 0 aliphatic rings. The van der Waals surface area contributed by atoms with Crippen molar-refractivity contribution in [1.29, 1.82) is 0 Å². The quantitative estimate of drug-likeness (QED) is 0.860. The summed E-state index contributed by atoms with van der Waals surface area (Å²) in [6.45, 7) is 1.83. The summed E-state index contributed by atoms with van der Waals surface area (Å²) in [7, 11) is 0. The Morgan fingerprint density at radius 1 is 1.06 bits per heavy atom. The molecule has 1 heterocycles. The van der Waals surface area contributed by atoms with E-state index in [1.165, 1.54) is 11.1 Å². The molecule has 0 saturated heterocycles. The van der Waals surface area contributed by atoms with Gasteiger partial charge in [0.15, 0.2) is 0 Å². The Hall–Kier alpha value is -1.38. The fourth-order valence-corrected chi connectivity index (χ4v) is 1.79. The normalized spacial score (nSPS) is 10.3. The molecule has 0 unspecified atom stereocenters. The Labute approximate surface area is 100 Å². The zero-order valence-electron chi connectivity index (χ0n) is 8.94. The number of halogens is 1. The number of hydrogen-bond donors (Lipinski definition) is 1. The largest absolute Gasteiger partial charge is 0.339 e. The Bertz CT molecular complexity index is 443. The number of hydrogen-bond acceptors (Lipinski definition) is 1. The van der Waals surface area contributed by atoms with E-state index in [4.69, 9.17) is 11.6 Å². The summed E-state index contributed by atoms with van der Waals surface area (Å²) in [5, 5.41) is 3.06. The van der Waals surface area contributed by atoms with E-state index in [1.54, 1.807) is 6.20 Å². The number of quaternary nitrogens is 1. The third-order valence-electron chi connectivity index (χ3n) is 2.42. The molecule has 16 heavy (non-hydrogen) atoms. The van der Waals surface area contributed by atoms with E-state index >= 15 is 0 Å². The summed E-state index contributed by atoms with van der Waals surface area (Å²) in [4.78, 5) is 4.08. The molecule has 2 N–H and O–H groups in total. The summed E-state index contributed by atoms with van der Waals surface area (Å²) < 4.78 is 0. The van der Waals surface area contributed by atoms with Gasteiger partial charge in [-0.25, -0.2) is 0 Å². The van der Waals surface area contributed by atoms with Gasteiger partial charge in [-0.05, 0) is 12.1 Å². The Morgan fingerprint density at radius 2 is 1.94 bits per heavy atom. The third kappa shape index (κ3) is 3.05. The highest BCUT2D eigenvalue weighted by molar-refractivity contribution is 6.31. The van der Waals surface area contributed by atoms with Crippen LogP contribution in [0.2, 0.25) is 5.02 Å². The van der Waals surface area contributed by atoms with Crippen LogP contribution in [0.5, 0.6) is 0 Å². The second-order valence-corrected chi connectivity index (χ2v) is 4.06. The predicted molar refractivity (Wildman–Crippen MR) is 65.0 cm³/mol. The van der Waals surface area contributed by atoms with E-state index in [2.05, 4.69) is 22.4 Å². The standard InChI is InChI=1S/C13H13ClN2/c14-13-6-2-1-5-12(13)10-16-9-11-4-3-7-15-8-11/h1-8,16H,9-10H2/p+1. The van der Waals surface area contributed by atoms with Gasteiger partial charge in [0, 0.05) is 28.5 Å². The molecule has 1 aromatic carbocycles. The molecule has 0 fully saturated rings. The van der Waals surface area contributed by atoms with Crippen LogP contribution in [0.4, 0.5) is 0 Å². The van der Waals surface area contributed by atoms with Gasteiger partial charge >= 0.3 is 0 Å². The van der Waals surface area contributed by atoms with Crippen molar-refractivity contribution in [1.82, 2.24) is 4.98 Å². The molecule has 3 heteroatoms. The van der Waals surface area contributed by atoms with Crippen molar-refractivity contribution < 1.29 is 5.32 Å². The molecule has 2 rings (SSSR count). The van der Waals surface area contributed by atoms with Crippen molar-refractivity contribution in [3.8, 4) is 0 Å². The monoisotopic (exact) mass is 233 g/mol. The average Bonchev–Trinajstić information content (AvgIpc) is 2.33. The van der Waals surface area contributed by atoms with Gasteiger partial charge in [0.05, 0.1) is 0 Å². The molecule has 0 atom stereocenters. The van der Waals surface area contributed by atoms with Crippen LogP contribution >= 0.6 is 11.6 Å². The van der Waals surface area contributed by atoms with Crippen molar-refractivity contribution in [3.05, 3.63) is 64.9 Å². The van der Waals surface area contributed by atoms with Crippen LogP contribution in [0.25, 0.3) is 0 Å². The number of pyridine rings is 1. The third-order valence-corrected chi connectivity index (χ3v) is 2.79. The summed E-state index contributed by atoms with van der Waals surface area (Å²) in [6.07, 6.45) is 3.68. The number of nitrogens with two attached hydrogens (primary N) is 1. The Kier molecular flexibility index (Phi) is 3.91. The van der Waals surface area contributed by atoms with Gasteiger partial charge in [-0.1, -0.05) is 35.9 Å². The van der Waals surface area contributed by atoms with E-state index in [0.29, 0.717) is 0 Å². The molecular weight excluding hydrogens is 220 g/mol. The summed E-state index contributed by atoms with van der Waals surface area (Å²) in [5.74, 6) is 0. The van der Waals surface area contributed by atoms with Crippen LogP contribution in [0, 0.1) is 0 Å². The minimum atomic E-state index is 0.838. The van der Waals surface area contributed by atoms with Crippen LogP contribution < -0.4 is 5.32 Å². The van der Waals surface area contributed by atoms with Gasteiger partial charge in [-0.15, -0.1) is 0 Å². The topological polar surface area (TPSA) is 29.5 Å². The number of rotatable bonds is 4. The second-order valence-electron chi connectivity index (χ2n) is 3.65. The number of nitrogens with zero attached hydrogens (tertiary/aromatic N) is 1. The van der Waals surface area contributed by atoms with Crippen LogP contribution in [0.15, 0.2) is 48.8 Å². The predicted octanol–water partition coefficient (Wildman–Crippen LogP) is 2.00.